The van der Waals surface area contributed by atoms with Gasteiger partial charge in [-0.15, -0.1) is 0 Å². The van der Waals surface area contributed by atoms with Crippen molar-refractivity contribution in [1.82, 2.24) is 4.90 Å². The first kappa shape index (κ1) is 25.2. The Labute approximate surface area is 211 Å². The molecule has 3 nitrogen and oxygen atoms in total. The summed E-state index contributed by atoms with van der Waals surface area (Å²) in [4.78, 5) is 15.6. The molecule has 0 aromatic heterocycles. The Morgan fingerprint density at radius 3 is 2.40 bits per heavy atom. The van der Waals surface area contributed by atoms with Crippen LogP contribution in [0.4, 0.5) is 14.5 Å². The van der Waals surface area contributed by atoms with Gasteiger partial charge in [0, 0.05) is 24.7 Å². The van der Waals surface area contributed by atoms with E-state index in [9.17, 15) is 13.6 Å². The Hall–Kier alpha value is -2.92. The van der Waals surface area contributed by atoms with Gasteiger partial charge in [-0.3, -0.25) is 4.79 Å². The molecule has 0 saturated heterocycles. The summed E-state index contributed by atoms with van der Waals surface area (Å²) in [6.07, 6.45) is 2.26. The molecule has 35 heavy (non-hydrogen) atoms. The van der Waals surface area contributed by atoms with Gasteiger partial charge < -0.3 is 10.2 Å². The molecule has 0 atom stereocenters. The molecule has 0 radical (unpaired) electrons. The summed E-state index contributed by atoms with van der Waals surface area (Å²) < 4.78 is 27.2. The van der Waals surface area contributed by atoms with Gasteiger partial charge in [-0.2, -0.15) is 0 Å². The Balaban J connectivity index is 1.63. The van der Waals surface area contributed by atoms with E-state index in [1.807, 2.05) is 18.2 Å². The maximum absolute atomic E-state index is 13.8. The van der Waals surface area contributed by atoms with Gasteiger partial charge in [0.15, 0.2) is 11.6 Å². The zero-order valence-corrected chi connectivity index (χ0v) is 21.2. The van der Waals surface area contributed by atoms with Crippen molar-refractivity contribution in [2.24, 2.45) is 0 Å². The molecule has 0 saturated carbocycles. The number of benzene rings is 3. The largest absolute Gasteiger partial charge is 0.384 e. The SMILES string of the molecule is CC(C)(C)c1ccc(CN(CCc2ccc(F)c(F)c2)C(=O)c2cc(Cl)cc3c2NCCC3)cc1. The van der Waals surface area contributed by atoms with Gasteiger partial charge in [-0.25, -0.2) is 8.78 Å². The standard InChI is InChI=1S/C29H31ClF2N2O/c1-29(2,3)22-9-6-20(7-10-22)18-34(14-12-19-8-11-25(31)26(32)15-19)28(35)24-17-23(30)16-21-5-4-13-33-27(21)24/h6-11,15-17,33H,4-5,12-14,18H2,1-3H3. The van der Waals surface area contributed by atoms with Crippen molar-refractivity contribution in [3.8, 4) is 0 Å². The van der Waals surface area contributed by atoms with Crippen molar-refractivity contribution < 1.29 is 13.6 Å². The topological polar surface area (TPSA) is 32.3 Å². The van der Waals surface area contributed by atoms with Crippen LogP contribution in [-0.2, 0) is 24.8 Å². The monoisotopic (exact) mass is 496 g/mol. The highest BCUT2D eigenvalue weighted by molar-refractivity contribution is 6.31. The van der Waals surface area contributed by atoms with Crippen molar-refractivity contribution >= 4 is 23.2 Å². The number of halogens is 3. The molecule has 1 heterocycles. The molecule has 0 aliphatic carbocycles. The molecular weight excluding hydrogens is 466 g/mol. The first-order chi connectivity index (χ1) is 16.6. The number of rotatable bonds is 6. The second-order valence-electron chi connectivity index (χ2n) is 10.2. The van der Waals surface area contributed by atoms with Crippen LogP contribution in [0.5, 0.6) is 0 Å². The summed E-state index contributed by atoms with van der Waals surface area (Å²) in [5.74, 6) is -1.90. The van der Waals surface area contributed by atoms with E-state index in [2.05, 4.69) is 38.2 Å². The lowest BCUT2D eigenvalue weighted by molar-refractivity contribution is 0.0746. The number of carbonyl (C=O) groups excluding carboxylic acids is 1. The Bertz CT molecular complexity index is 1220. The minimum Gasteiger partial charge on any atom is -0.384 e. The van der Waals surface area contributed by atoms with Gasteiger partial charge in [0.1, 0.15) is 0 Å². The van der Waals surface area contributed by atoms with Gasteiger partial charge in [0.25, 0.3) is 5.91 Å². The molecule has 0 fully saturated rings. The fourth-order valence-electron chi connectivity index (χ4n) is 4.44. The van der Waals surface area contributed by atoms with Gasteiger partial charge >= 0.3 is 0 Å². The van der Waals surface area contributed by atoms with Crippen molar-refractivity contribution in [2.45, 2.75) is 52.0 Å². The number of hydrogen-bond donors (Lipinski definition) is 1. The van der Waals surface area contributed by atoms with E-state index in [1.165, 1.54) is 11.6 Å². The molecule has 1 N–H and O–H groups in total. The average Bonchev–Trinajstić information content (AvgIpc) is 2.82. The van der Waals surface area contributed by atoms with E-state index >= 15 is 0 Å². The Morgan fingerprint density at radius 1 is 1.00 bits per heavy atom. The van der Waals surface area contributed by atoms with E-state index < -0.39 is 11.6 Å². The number of hydrogen-bond acceptors (Lipinski definition) is 2. The third-order valence-corrected chi connectivity index (χ3v) is 6.69. The van der Waals surface area contributed by atoms with Crippen LogP contribution in [0.2, 0.25) is 5.02 Å². The van der Waals surface area contributed by atoms with E-state index in [0.29, 0.717) is 35.7 Å². The maximum Gasteiger partial charge on any atom is 0.256 e. The Kier molecular flexibility index (Phi) is 7.46. The lowest BCUT2D eigenvalue weighted by Crippen LogP contribution is -2.33. The molecule has 184 valence electrons. The number of anilines is 1. The molecule has 1 amide bonds. The third-order valence-electron chi connectivity index (χ3n) is 6.47. The summed E-state index contributed by atoms with van der Waals surface area (Å²) in [7, 11) is 0. The molecule has 1 aliphatic heterocycles. The third kappa shape index (κ3) is 6.02. The first-order valence-corrected chi connectivity index (χ1v) is 12.4. The highest BCUT2D eigenvalue weighted by Crippen LogP contribution is 2.31. The number of carbonyl (C=O) groups is 1. The highest BCUT2D eigenvalue weighted by atomic mass is 35.5. The van der Waals surface area contributed by atoms with Crippen LogP contribution in [-0.4, -0.2) is 23.9 Å². The van der Waals surface area contributed by atoms with Crippen LogP contribution in [0.3, 0.4) is 0 Å². The van der Waals surface area contributed by atoms with Gasteiger partial charge in [-0.05, 0) is 71.2 Å². The van der Waals surface area contributed by atoms with Crippen LogP contribution >= 0.6 is 11.6 Å². The first-order valence-electron chi connectivity index (χ1n) is 12.0. The zero-order valence-electron chi connectivity index (χ0n) is 20.4. The van der Waals surface area contributed by atoms with Gasteiger partial charge in [0.2, 0.25) is 0 Å². The quantitative estimate of drug-likeness (QED) is 0.392. The fraction of sp³-hybridized carbons (Fsp3) is 0.345. The molecule has 0 unspecified atom stereocenters. The lowest BCUT2D eigenvalue weighted by Gasteiger charge is -2.27. The summed E-state index contributed by atoms with van der Waals surface area (Å²) in [6, 6.07) is 15.8. The number of fused-ring (bicyclic) bond motifs is 1. The predicted octanol–water partition coefficient (Wildman–Crippen LogP) is 7.16. The van der Waals surface area contributed by atoms with Crippen molar-refractivity contribution in [3.63, 3.8) is 0 Å². The molecule has 3 aromatic carbocycles. The molecule has 3 aromatic rings. The molecule has 0 spiro atoms. The summed E-state index contributed by atoms with van der Waals surface area (Å²) in [5.41, 5.74) is 5.31. The smallest absolute Gasteiger partial charge is 0.256 e. The maximum atomic E-state index is 13.8. The van der Waals surface area contributed by atoms with Crippen molar-refractivity contribution in [2.75, 3.05) is 18.4 Å². The highest BCUT2D eigenvalue weighted by Gasteiger charge is 2.24. The number of nitrogens with one attached hydrogen (secondary N) is 1. The minimum absolute atomic E-state index is 0.0339. The molecular formula is C29H31ClF2N2O. The molecule has 4 rings (SSSR count). The molecule has 0 bridgehead atoms. The van der Waals surface area contributed by atoms with Crippen LogP contribution in [0.15, 0.2) is 54.6 Å². The van der Waals surface area contributed by atoms with Crippen LogP contribution in [0.1, 0.15) is 59.8 Å². The van der Waals surface area contributed by atoms with Crippen molar-refractivity contribution in [3.05, 3.63) is 99.1 Å². The zero-order chi connectivity index (χ0) is 25.2. The van der Waals surface area contributed by atoms with E-state index in [-0.39, 0.29) is 11.3 Å². The minimum atomic E-state index is -0.883. The average molecular weight is 497 g/mol. The number of amides is 1. The summed E-state index contributed by atoms with van der Waals surface area (Å²) in [5, 5.41) is 3.91. The van der Waals surface area contributed by atoms with E-state index in [4.69, 9.17) is 11.6 Å². The second-order valence-corrected chi connectivity index (χ2v) is 10.6. The van der Waals surface area contributed by atoms with Crippen LogP contribution in [0, 0.1) is 11.6 Å². The number of aryl methyl sites for hydroxylation is 1. The molecule has 1 aliphatic rings. The fourth-order valence-corrected chi connectivity index (χ4v) is 4.68. The van der Waals surface area contributed by atoms with Crippen molar-refractivity contribution in [1.29, 1.82) is 0 Å². The summed E-state index contributed by atoms with van der Waals surface area (Å²) in [6.45, 7) is 8.04. The Morgan fingerprint density at radius 2 is 1.71 bits per heavy atom. The summed E-state index contributed by atoms with van der Waals surface area (Å²) >= 11 is 6.38. The predicted molar refractivity (Wildman–Crippen MR) is 138 cm³/mol. The lowest BCUT2D eigenvalue weighted by atomic mass is 9.87. The van der Waals surface area contributed by atoms with Gasteiger partial charge in [-0.1, -0.05) is 62.7 Å². The normalized spacial score (nSPS) is 13.2. The van der Waals surface area contributed by atoms with E-state index in [0.717, 1.165) is 42.3 Å². The number of nitrogens with zero attached hydrogens (tertiary/aromatic N) is 1. The van der Waals surface area contributed by atoms with E-state index in [1.54, 1.807) is 17.0 Å². The van der Waals surface area contributed by atoms with Crippen LogP contribution < -0.4 is 5.32 Å². The van der Waals surface area contributed by atoms with Crippen LogP contribution in [0.25, 0.3) is 0 Å². The second kappa shape index (κ2) is 10.4. The molecule has 6 heteroatoms. The van der Waals surface area contributed by atoms with Gasteiger partial charge in [0.05, 0.1) is 11.3 Å².